The van der Waals surface area contributed by atoms with Gasteiger partial charge in [-0.2, -0.15) is 0 Å². The van der Waals surface area contributed by atoms with Crippen LogP contribution in [0.25, 0.3) is 5.65 Å². The Morgan fingerprint density at radius 3 is 3.00 bits per heavy atom. The van der Waals surface area contributed by atoms with Crippen molar-refractivity contribution in [1.29, 1.82) is 0 Å². The largest absolute Gasteiger partial charge is 0.381 e. The summed E-state index contributed by atoms with van der Waals surface area (Å²) in [6.45, 7) is 1.66. The lowest BCUT2D eigenvalue weighted by molar-refractivity contribution is 0.0834. The number of ether oxygens (including phenoxy) is 1. The highest BCUT2D eigenvalue weighted by molar-refractivity contribution is 9.10. The highest BCUT2D eigenvalue weighted by Gasteiger charge is 2.22. The summed E-state index contributed by atoms with van der Waals surface area (Å²) in [5.41, 5.74) is 0.893. The second kappa shape index (κ2) is 4.14. The van der Waals surface area contributed by atoms with Gasteiger partial charge >= 0.3 is 0 Å². The zero-order valence-corrected chi connectivity index (χ0v) is 10.4. The molecule has 3 rings (SSSR count). The Hall–Kier alpha value is -0.940. The van der Waals surface area contributed by atoms with Crippen LogP contribution in [0.5, 0.6) is 0 Å². The number of nitrogens with zero attached hydrogens (tertiary/aromatic N) is 3. The smallest absolute Gasteiger partial charge is 0.171 e. The van der Waals surface area contributed by atoms with Gasteiger partial charge in [-0.1, -0.05) is 0 Å². The molecule has 16 heavy (non-hydrogen) atoms. The molecule has 0 saturated carbocycles. The van der Waals surface area contributed by atoms with Crippen molar-refractivity contribution in [1.82, 2.24) is 14.4 Å². The minimum absolute atomic E-state index is 0.483. The van der Waals surface area contributed by atoms with E-state index in [1.165, 1.54) is 0 Å². The van der Waals surface area contributed by atoms with Crippen molar-refractivity contribution >= 4 is 21.6 Å². The number of aromatic nitrogens is 3. The Morgan fingerprint density at radius 2 is 2.19 bits per heavy atom. The highest BCUT2D eigenvalue weighted by Crippen LogP contribution is 2.28. The number of fused-ring (bicyclic) bond motifs is 1. The van der Waals surface area contributed by atoms with E-state index in [9.17, 15) is 0 Å². The molecular weight excluding hydrogens is 270 g/mol. The van der Waals surface area contributed by atoms with E-state index in [1.807, 2.05) is 12.3 Å². The third-order valence-electron chi connectivity index (χ3n) is 2.98. The van der Waals surface area contributed by atoms with Crippen molar-refractivity contribution in [3.8, 4) is 0 Å². The molecule has 0 bridgehead atoms. The second-order valence-corrected chi connectivity index (χ2v) is 4.71. The van der Waals surface area contributed by atoms with Crippen LogP contribution >= 0.6 is 15.9 Å². The molecule has 0 N–H and O–H groups in total. The summed E-state index contributed by atoms with van der Waals surface area (Å²) in [4.78, 5) is 8.89. The lowest BCUT2D eigenvalue weighted by atomic mass is 10.00. The minimum Gasteiger partial charge on any atom is -0.381 e. The molecule has 1 aliphatic rings. The molecule has 2 aromatic rings. The average molecular weight is 282 g/mol. The Bertz CT molecular complexity index is 505. The molecule has 1 fully saturated rings. The van der Waals surface area contributed by atoms with E-state index in [0.29, 0.717) is 5.92 Å². The van der Waals surface area contributed by atoms with E-state index >= 15 is 0 Å². The Labute approximate surface area is 102 Å². The SMILES string of the molecule is Brc1nc(C2CCOCC2)n2cccnc12. The van der Waals surface area contributed by atoms with Crippen molar-refractivity contribution in [3.63, 3.8) is 0 Å². The molecule has 2 aromatic heterocycles. The standard InChI is InChI=1S/C11H12BrN3O/c12-9-11-13-4-1-5-15(11)10(14-9)8-2-6-16-7-3-8/h1,4-5,8H,2-3,6-7H2. The molecule has 84 valence electrons. The first-order valence-electron chi connectivity index (χ1n) is 5.42. The monoisotopic (exact) mass is 281 g/mol. The van der Waals surface area contributed by atoms with E-state index in [1.54, 1.807) is 6.20 Å². The molecule has 1 aliphatic heterocycles. The molecule has 5 heteroatoms. The van der Waals surface area contributed by atoms with Gasteiger partial charge in [0.15, 0.2) is 10.3 Å². The fourth-order valence-electron chi connectivity index (χ4n) is 2.16. The lowest BCUT2D eigenvalue weighted by Gasteiger charge is -2.20. The highest BCUT2D eigenvalue weighted by atomic mass is 79.9. The van der Waals surface area contributed by atoms with Gasteiger partial charge in [0, 0.05) is 31.5 Å². The van der Waals surface area contributed by atoms with Crippen molar-refractivity contribution in [2.45, 2.75) is 18.8 Å². The van der Waals surface area contributed by atoms with Crippen LogP contribution in [0.4, 0.5) is 0 Å². The zero-order valence-electron chi connectivity index (χ0n) is 8.77. The van der Waals surface area contributed by atoms with Gasteiger partial charge in [0.05, 0.1) is 0 Å². The van der Waals surface area contributed by atoms with Gasteiger partial charge in [0.25, 0.3) is 0 Å². The minimum atomic E-state index is 0.483. The van der Waals surface area contributed by atoms with E-state index in [4.69, 9.17) is 4.74 Å². The maximum Gasteiger partial charge on any atom is 0.171 e. The molecule has 0 aliphatic carbocycles. The number of hydrogen-bond donors (Lipinski definition) is 0. The van der Waals surface area contributed by atoms with Crippen molar-refractivity contribution in [3.05, 3.63) is 28.9 Å². The van der Waals surface area contributed by atoms with Gasteiger partial charge < -0.3 is 4.74 Å². The lowest BCUT2D eigenvalue weighted by Crippen LogP contribution is -2.16. The molecule has 0 atom stereocenters. The summed E-state index contributed by atoms with van der Waals surface area (Å²) in [7, 11) is 0. The zero-order chi connectivity index (χ0) is 11.0. The van der Waals surface area contributed by atoms with Crippen LogP contribution in [-0.4, -0.2) is 27.6 Å². The molecular formula is C11H12BrN3O. The van der Waals surface area contributed by atoms with Crippen LogP contribution in [0.15, 0.2) is 23.1 Å². The first kappa shape index (κ1) is 10.2. The molecule has 4 nitrogen and oxygen atoms in total. The summed E-state index contributed by atoms with van der Waals surface area (Å²) in [6.07, 6.45) is 5.89. The topological polar surface area (TPSA) is 39.4 Å². The number of imidazole rings is 1. The van der Waals surface area contributed by atoms with Crippen molar-refractivity contribution in [2.75, 3.05) is 13.2 Å². The van der Waals surface area contributed by atoms with E-state index < -0.39 is 0 Å². The van der Waals surface area contributed by atoms with E-state index in [2.05, 4.69) is 30.3 Å². The Morgan fingerprint density at radius 1 is 1.38 bits per heavy atom. The maximum atomic E-state index is 5.38. The van der Waals surface area contributed by atoms with Crippen molar-refractivity contribution < 1.29 is 4.74 Å². The van der Waals surface area contributed by atoms with Crippen LogP contribution in [0.3, 0.4) is 0 Å². The molecule has 0 spiro atoms. The van der Waals surface area contributed by atoms with Gasteiger partial charge in [-0.05, 0) is 34.8 Å². The molecule has 0 radical (unpaired) electrons. The molecule has 0 aromatic carbocycles. The van der Waals surface area contributed by atoms with E-state index in [-0.39, 0.29) is 0 Å². The molecule has 0 amide bonds. The van der Waals surface area contributed by atoms with Gasteiger partial charge in [-0.3, -0.25) is 4.40 Å². The van der Waals surface area contributed by atoms with Gasteiger partial charge in [-0.15, -0.1) is 0 Å². The predicted molar refractivity (Wildman–Crippen MR) is 63.5 cm³/mol. The second-order valence-electron chi connectivity index (χ2n) is 3.96. The number of halogens is 1. The Kier molecular flexibility index (Phi) is 2.65. The number of hydrogen-bond acceptors (Lipinski definition) is 3. The molecule has 1 saturated heterocycles. The maximum absolute atomic E-state index is 5.38. The third-order valence-corrected chi connectivity index (χ3v) is 3.51. The van der Waals surface area contributed by atoms with Crippen LogP contribution in [-0.2, 0) is 4.74 Å². The Balaban J connectivity index is 2.08. The summed E-state index contributed by atoms with van der Waals surface area (Å²) in [5.74, 6) is 1.58. The number of rotatable bonds is 1. The van der Waals surface area contributed by atoms with Gasteiger partial charge in [-0.25, -0.2) is 9.97 Å². The first-order chi connectivity index (χ1) is 7.86. The summed E-state index contributed by atoms with van der Waals surface area (Å²) in [6, 6.07) is 1.93. The predicted octanol–water partition coefficient (Wildman–Crippen LogP) is 2.39. The summed E-state index contributed by atoms with van der Waals surface area (Å²) < 4.78 is 8.27. The van der Waals surface area contributed by atoms with Crippen LogP contribution < -0.4 is 0 Å². The third kappa shape index (κ3) is 1.64. The van der Waals surface area contributed by atoms with Gasteiger partial charge in [0.1, 0.15) is 5.82 Å². The van der Waals surface area contributed by atoms with Crippen molar-refractivity contribution in [2.24, 2.45) is 0 Å². The fourth-order valence-corrected chi connectivity index (χ4v) is 2.63. The normalized spacial score (nSPS) is 18.1. The van der Waals surface area contributed by atoms with Crippen LogP contribution in [0.2, 0.25) is 0 Å². The van der Waals surface area contributed by atoms with Crippen LogP contribution in [0, 0.1) is 0 Å². The van der Waals surface area contributed by atoms with Gasteiger partial charge in [0.2, 0.25) is 0 Å². The fraction of sp³-hybridized carbons (Fsp3) is 0.455. The van der Waals surface area contributed by atoms with Crippen LogP contribution in [0.1, 0.15) is 24.6 Å². The summed E-state index contributed by atoms with van der Waals surface area (Å²) >= 11 is 3.46. The average Bonchev–Trinajstić information content (AvgIpc) is 2.69. The molecule has 3 heterocycles. The molecule has 0 unspecified atom stereocenters. The quantitative estimate of drug-likeness (QED) is 0.806. The summed E-state index contributed by atoms with van der Waals surface area (Å²) in [5, 5.41) is 0. The first-order valence-corrected chi connectivity index (χ1v) is 6.22. The van der Waals surface area contributed by atoms with E-state index in [0.717, 1.165) is 42.1 Å².